The van der Waals surface area contributed by atoms with Gasteiger partial charge in [0.15, 0.2) is 0 Å². The summed E-state index contributed by atoms with van der Waals surface area (Å²) in [5.41, 5.74) is 10.7. The number of anilines is 3. The topological polar surface area (TPSA) is 47.3 Å². The summed E-state index contributed by atoms with van der Waals surface area (Å²) in [5.74, 6) is 1.54. The maximum Gasteiger partial charge on any atom is 0.135 e. The molecule has 5 aromatic rings. The molecule has 0 aromatic heterocycles. The highest BCUT2D eigenvalue weighted by molar-refractivity contribution is 5.98. The Bertz CT molecular complexity index is 1320. The van der Waals surface area contributed by atoms with Gasteiger partial charge >= 0.3 is 0 Å². The lowest BCUT2D eigenvalue weighted by molar-refractivity contribution is 0.484. The van der Waals surface area contributed by atoms with Gasteiger partial charge in [-0.25, -0.2) is 0 Å². The van der Waals surface area contributed by atoms with Crippen molar-refractivity contribution in [2.24, 2.45) is 0 Å². The Labute approximate surface area is 181 Å². The van der Waals surface area contributed by atoms with Crippen LogP contribution in [0.2, 0.25) is 0 Å². The zero-order valence-corrected chi connectivity index (χ0v) is 17.0. The number of benzene rings is 5. The van der Waals surface area contributed by atoms with E-state index in [1.807, 2.05) is 54.6 Å². The van der Waals surface area contributed by atoms with E-state index in [4.69, 9.17) is 10.5 Å². The highest BCUT2D eigenvalue weighted by Crippen LogP contribution is 2.39. The van der Waals surface area contributed by atoms with Crippen LogP contribution in [0.4, 0.5) is 17.1 Å². The molecule has 5 aromatic carbocycles. The number of para-hydroxylation sites is 1. The number of nitrogens with two attached hydrogens (primary N) is 1. The van der Waals surface area contributed by atoms with Crippen LogP contribution in [0.3, 0.4) is 0 Å². The average molecular weight is 402 g/mol. The molecule has 0 aliphatic heterocycles. The molecule has 0 amide bonds. The minimum Gasteiger partial charge on any atom is -0.457 e. The second-order valence-electron chi connectivity index (χ2n) is 7.40. The summed E-state index contributed by atoms with van der Waals surface area (Å²) < 4.78 is 6.29. The molecule has 0 saturated heterocycles. The average Bonchev–Trinajstić information content (AvgIpc) is 2.82. The predicted molar refractivity (Wildman–Crippen MR) is 130 cm³/mol. The van der Waals surface area contributed by atoms with E-state index in [2.05, 4.69) is 66.0 Å². The molecule has 3 nitrogen and oxygen atoms in total. The van der Waals surface area contributed by atoms with E-state index >= 15 is 0 Å². The molecule has 0 heterocycles. The molecule has 150 valence electrons. The molecule has 0 spiro atoms. The molecular weight excluding hydrogens is 380 g/mol. The largest absolute Gasteiger partial charge is 0.457 e. The Morgan fingerprint density at radius 2 is 1.32 bits per heavy atom. The van der Waals surface area contributed by atoms with Gasteiger partial charge < -0.3 is 15.8 Å². The molecule has 0 bridgehead atoms. The Hall–Kier alpha value is -4.24. The smallest absolute Gasteiger partial charge is 0.135 e. The molecule has 0 aliphatic rings. The number of fused-ring (bicyclic) bond motifs is 1. The van der Waals surface area contributed by atoms with Gasteiger partial charge in [0.05, 0.1) is 0 Å². The third-order valence-electron chi connectivity index (χ3n) is 5.23. The van der Waals surface area contributed by atoms with Crippen LogP contribution < -0.4 is 15.8 Å². The van der Waals surface area contributed by atoms with Gasteiger partial charge in [0.2, 0.25) is 0 Å². The van der Waals surface area contributed by atoms with E-state index in [9.17, 15) is 0 Å². The van der Waals surface area contributed by atoms with Crippen LogP contribution in [-0.2, 0) is 0 Å². The summed E-state index contributed by atoms with van der Waals surface area (Å²) in [4.78, 5) is 0. The lowest BCUT2D eigenvalue weighted by Gasteiger charge is -2.16. The summed E-state index contributed by atoms with van der Waals surface area (Å²) in [7, 11) is 0. The first-order valence-corrected chi connectivity index (χ1v) is 10.2. The highest BCUT2D eigenvalue weighted by Gasteiger charge is 2.12. The summed E-state index contributed by atoms with van der Waals surface area (Å²) in [6, 6.07) is 38.6. The second-order valence-corrected chi connectivity index (χ2v) is 7.40. The van der Waals surface area contributed by atoms with E-state index in [-0.39, 0.29) is 0 Å². The van der Waals surface area contributed by atoms with Gasteiger partial charge in [-0.15, -0.1) is 0 Å². The fraction of sp³-hybridized carbons (Fsp3) is 0. The van der Waals surface area contributed by atoms with E-state index in [1.54, 1.807) is 0 Å². The number of hydrogen-bond donors (Lipinski definition) is 2. The number of hydrogen-bond acceptors (Lipinski definition) is 3. The number of nitrogen functional groups attached to an aromatic ring is 1. The van der Waals surface area contributed by atoms with E-state index in [1.165, 1.54) is 10.8 Å². The maximum atomic E-state index is 6.29. The minimum absolute atomic E-state index is 0.712. The van der Waals surface area contributed by atoms with Crippen LogP contribution in [0.1, 0.15) is 0 Å². The van der Waals surface area contributed by atoms with Crippen molar-refractivity contribution in [1.29, 1.82) is 0 Å². The van der Waals surface area contributed by atoms with Crippen LogP contribution in [0.15, 0.2) is 115 Å². The molecule has 5 rings (SSSR count). The lowest BCUT2D eigenvalue weighted by Crippen LogP contribution is -1.94. The van der Waals surface area contributed by atoms with Crippen molar-refractivity contribution in [3.8, 4) is 22.6 Å². The minimum atomic E-state index is 0.712. The number of rotatable bonds is 5. The van der Waals surface area contributed by atoms with Crippen molar-refractivity contribution in [2.45, 2.75) is 0 Å². The molecule has 31 heavy (non-hydrogen) atoms. The Balaban J connectivity index is 1.62. The molecule has 0 fully saturated rings. The maximum absolute atomic E-state index is 6.29. The molecule has 3 heteroatoms. The van der Waals surface area contributed by atoms with Gasteiger partial charge in [0.25, 0.3) is 0 Å². The predicted octanol–water partition coefficient (Wildman–Crippen LogP) is 7.62. The molecular formula is C28H22N2O. The molecule has 0 aliphatic carbocycles. The zero-order chi connectivity index (χ0) is 21.0. The number of ether oxygens (including phenoxy) is 1. The monoisotopic (exact) mass is 402 g/mol. The van der Waals surface area contributed by atoms with Gasteiger partial charge in [0, 0.05) is 22.6 Å². The normalized spacial score (nSPS) is 10.7. The Morgan fingerprint density at radius 3 is 2.16 bits per heavy atom. The van der Waals surface area contributed by atoms with Gasteiger partial charge in [-0.1, -0.05) is 60.7 Å². The molecule has 0 saturated carbocycles. The van der Waals surface area contributed by atoms with E-state index < -0.39 is 0 Å². The van der Waals surface area contributed by atoms with Crippen molar-refractivity contribution >= 4 is 27.8 Å². The SMILES string of the molecule is Nc1ccc(Oc2ccc(Nc3ccccc3)cc2-c2cccc3ccccc23)cc1. The fourth-order valence-corrected chi connectivity index (χ4v) is 3.72. The molecule has 0 unspecified atom stereocenters. The zero-order valence-electron chi connectivity index (χ0n) is 17.0. The first-order chi connectivity index (χ1) is 15.3. The van der Waals surface area contributed by atoms with Gasteiger partial charge in [0.1, 0.15) is 11.5 Å². The standard InChI is InChI=1S/C28H22N2O/c29-21-13-16-24(17-14-21)31-28-18-15-23(30-22-9-2-1-3-10-22)19-27(28)26-12-6-8-20-7-4-5-11-25(20)26/h1-19,30H,29H2. The third-order valence-corrected chi connectivity index (χ3v) is 5.23. The molecule has 0 radical (unpaired) electrons. The van der Waals surface area contributed by atoms with Gasteiger partial charge in [-0.05, 0) is 70.9 Å². The first-order valence-electron chi connectivity index (χ1n) is 10.2. The van der Waals surface area contributed by atoms with Gasteiger partial charge in [-0.2, -0.15) is 0 Å². The summed E-state index contributed by atoms with van der Waals surface area (Å²) in [6.07, 6.45) is 0. The van der Waals surface area contributed by atoms with Crippen molar-refractivity contribution in [3.63, 3.8) is 0 Å². The highest BCUT2D eigenvalue weighted by atomic mass is 16.5. The van der Waals surface area contributed by atoms with Crippen LogP contribution in [0.25, 0.3) is 21.9 Å². The lowest BCUT2D eigenvalue weighted by atomic mass is 9.97. The van der Waals surface area contributed by atoms with Crippen molar-refractivity contribution in [2.75, 3.05) is 11.1 Å². The Morgan fingerprint density at radius 1 is 0.581 bits per heavy atom. The number of nitrogens with one attached hydrogen (secondary N) is 1. The van der Waals surface area contributed by atoms with Crippen molar-refractivity contribution in [3.05, 3.63) is 115 Å². The summed E-state index contributed by atoms with van der Waals surface area (Å²) in [6.45, 7) is 0. The Kier molecular flexibility index (Phi) is 4.99. The molecule has 0 atom stereocenters. The van der Waals surface area contributed by atoms with Crippen molar-refractivity contribution < 1.29 is 4.74 Å². The van der Waals surface area contributed by atoms with Crippen LogP contribution >= 0.6 is 0 Å². The fourth-order valence-electron chi connectivity index (χ4n) is 3.72. The van der Waals surface area contributed by atoms with Crippen molar-refractivity contribution in [1.82, 2.24) is 0 Å². The van der Waals surface area contributed by atoms with E-state index in [0.717, 1.165) is 34.0 Å². The van der Waals surface area contributed by atoms with Crippen LogP contribution in [0, 0.1) is 0 Å². The van der Waals surface area contributed by atoms with Crippen LogP contribution in [-0.4, -0.2) is 0 Å². The summed E-state index contributed by atoms with van der Waals surface area (Å²) in [5, 5.41) is 5.87. The van der Waals surface area contributed by atoms with E-state index in [0.29, 0.717) is 5.69 Å². The summed E-state index contributed by atoms with van der Waals surface area (Å²) >= 11 is 0. The second kappa shape index (κ2) is 8.25. The third kappa shape index (κ3) is 4.07. The quantitative estimate of drug-likeness (QED) is 0.297. The molecule has 3 N–H and O–H groups in total. The first kappa shape index (κ1) is 18.8. The van der Waals surface area contributed by atoms with Gasteiger partial charge in [-0.3, -0.25) is 0 Å². The van der Waals surface area contributed by atoms with Crippen LogP contribution in [0.5, 0.6) is 11.5 Å².